The predicted octanol–water partition coefficient (Wildman–Crippen LogP) is 3.95. The van der Waals surface area contributed by atoms with Gasteiger partial charge >= 0.3 is 6.03 Å². The van der Waals surface area contributed by atoms with Crippen LogP contribution in [0.2, 0.25) is 5.02 Å². The Morgan fingerprint density at radius 2 is 1.52 bits per heavy atom. The van der Waals surface area contributed by atoms with Crippen molar-refractivity contribution < 1.29 is 9.59 Å². The molecule has 2 rings (SSSR count). The lowest BCUT2D eigenvalue weighted by Crippen LogP contribution is -2.19. The van der Waals surface area contributed by atoms with Gasteiger partial charge < -0.3 is 16.4 Å². The number of urea groups is 1. The highest BCUT2D eigenvalue weighted by Crippen LogP contribution is 2.21. The van der Waals surface area contributed by atoms with Gasteiger partial charge in [0.05, 0.1) is 0 Å². The van der Waals surface area contributed by atoms with E-state index in [1.807, 2.05) is 24.3 Å². The zero-order valence-corrected chi connectivity index (χ0v) is 13.8. The van der Waals surface area contributed by atoms with E-state index in [0.29, 0.717) is 28.6 Å². The maximum atomic E-state index is 11.9. The summed E-state index contributed by atoms with van der Waals surface area (Å²) in [7, 11) is 0. The smallest absolute Gasteiger partial charge is 0.316 e. The lowest BCUT2D eigenvalue weighted by molar-refractivity contribution is -0.115. The van der Waals surface area contributed by atoms with E-state index in [0.717, 1.165) is 4.90 Å². The summed E-state index contributed by atoms with van der Waals surface area (Å²) in [6.07, 6.45) is 0.397. The van der Waals surface area contributed by atoms with Gasteiger partial charge in [0.25, 0.3) is 0 Å². The first-order chi connectivity index (χ1) is 11.0. The minimum absolute atomic E-state index is 0.0675. The summed E-state index contributed by atoms with van der Waals surface area (Å²) in [6, 6.07) is 13.6. The molecule has 0 bridgehead atoms. The molecular weight excluding hydrogens is 334 g/mol. The SMILES string of the molecule is NC(=O)Nc1ccc(NC(=O)CCSc2ccc(Cl)cc2)cc1. The molecule has 0 aliphatic carbocycles. The van der Waals surface area contributed by atoms with Crippen LogP contribution in [0.3, 0.4) is 0 Å². The standard InChI is InChI=1S/C16H16ClN3O2S/c17-11-1-7-14(8-2-11)23-10-9-15(21)19-12-3-5-13(6-4-12)20-16(18)22/h1-8H,9-10H2,(H,19,21)(H3,18,20,22). The van der Waals surface area contributed by atoms with Crippen molar-refractivity contribution in [3.05, 3.63) is 53.6 Å². The Labute approximate surface area is 143 Å². The van der Waals surface area contributed by atoms with Crippen LogP contribution in [0.4, 0.5) is 16.2 Å². The molecule has 23 heavy (non-hydrogen) atoms. The monoisotopic (exact) mass is 349 g/mol. The van der Waals surface area contributed by atoms with Crippen LogP contribution < -0.4 is 16.4 Å². The van der Waals surface area contributed by atoms with Crippen molar-refractivity contribution in [3.63, 3.8) is 0 Å². The van der Waals surface area contributed by atoms with Crippen molar-refractivity contribution in [2.24, 2.45) is 5.73 Å². The Morgan fingerprint density at radius 3 is 2.09 bits per heavy atom. The van der Waals surface area contributed by atoms with Crippen molar-refractivity contribution in [2.45, 2.75) is 11.3 Å². The van der Waals surface area contributed by atoms with E-state index in [1.165, 1.54) is 0 Å². The first kappa shape index (κ1) is 17.2. The third-order valence-electron chi connectivity index (χ3n) is 2.85. The number of hydrogen-bond donors (Lipinski definition) is 3. The van der Waals surface area contributed by atoms with Crippen LogP contribution in [-0.2, 0) is 4.79 Å². The number of anilines is 2. The minimum Gasteiger partial charge on any atom is -0.351 e. The number of amides is 3. The van der Waals surface area contributed by atoms with Crippen molar-refractivity contribution in [1.82, 2.24) is 0 Å². The van der Waals surface area contributed by atoms with Crippen LogP contribution in [0.1, 0.15) is 6.42 Å². The van der Waals surface area contributed by atoms with Crippen LogP contribution in [0.15, 0.2) is 53.4 Å². The molecule has 2 aromatic carbocycles. The number of halogens is 1. The number of nitrogens with two attached hydrogens (primary N) is 1. The average Bonchev–Trinajstić information content (AvgIpc) is 2.51. The first-order valence-electron chi connectivity index (χ1n) is 6.87. The van der Waals surface area contributed by atoms with E-state index in [1.54, 1.807) is 36.0 Å². The van der Waals surface area contributed by atoms with Gasteiger partial charge in [0.15, 0.2) is 0 Å². The molecule has 120 valence electrons. The van der Waals surface area contributed by atoms with Gasteiger partial charge in [0.1, 0.15) is 0 Å². The number of hydrogen-bond acceptors (Lipinski definition) is 3. The molecule has 0 heterocycles. The zero-order chi connectivity index (χ0) is 16.7. The van der Waals surface area contributed by atoms with Crippen LogP contribution in [-0.4, -0.2) is 17.7 Å². The molecule has 4 N–H and O–H groups in total. The molecule has 0 saturated heterocycles. The molecule has 0 spiro atoms. The maximum Gasteiger partial charge on any atom is 0.316 e. The summed E-state index contributed by atoms with van der Waals surface area (Å²) >= 11 is 7.42. The van der Waals surface area contributed by atoms with E-state index in [2.05, 4.69) is 10.6 Å². The maximum absolute atomic E-state index is 11.9. The second-order valence-corrected chi connectivity index (χ2v) is 6.27. The van der Waals surface area contributed by atoms with Crippen molar-refractivity contribution in [1.29, 1.82) is 0 Å². The summed E-state index contributed by atoms with van der Waals surface area (Å²) in [6.45, 7) is 0. The molecule has 2 aromatic rings. The number of rotatable bonds is 6. The molecule has 0 saturated carbocycles. The molecule has 0 fully saturated rings. The summed E-state index contributed by atoms with van der Waals surface area (Å²) in [5, 5.41) is 5.95. The molecule has 0 unspecified atom stereocenters. The molecule has 5 nitrogen and oxygen atoms in total. The van der Waals surface area contributed by atoms with Crippen LogP contribution >= 0.6 is 23.4 Å². The highest BCUT2D eigenvalue weighted by molar-refractivity contribution is 7.99. The van der Waals surface area contributed by atoms with E-state index in [4.69, 9.17) is 17.3 Å². The van der Waals surface area contributed by atoms with Gasteiger partial charge in [-0.3, -0.25) is 4.79 Å². The Morgan fingerprint density at radius 1 is 0.957 bits per heavy atom. The highest BCUT2D eigenvalue weighted by atomic mass is 35.5. The molecular formula is C16H16ClN3O2S. The minimum atomic E-state index is -0.624. The molecule has 0 aliphatic rings. The average molecular weight is 350 g/mol. The summed E-state index contributed by atoms with van der Waals surface area (Å²) < 4.78 is 0. The fourth-order valence-corrected chi connectivity index (χ4v) is 2.77. The third kappa shape index (κ3) is 6.22. The predicted molar refractivity (Wildman–Crippen MR) is 95.1 cm³/mol. The number of benzene rings is 2. The topological polar surface area (TPSA) is 84.2 Å². The number of thioether (sulfide) groups is 1. The number of carbonyl (C=O) groups excluding carboxylic acids is 2. The number of nitrogens with one attached hydrogen (secondary N) is 2. The van der Waals surface area contributed by atoms with Crippen LogP contribution in [0.25, 0.3) is 0 Å². The fraction of sp³-hybridized carbons (Fsp3) is 0.125. The molecule has 0 radical (unpaired) electrons. The lowest BCUT2D eigenvalue weighted by atomic mass is 10.2. The molecule has 3 amide bonds. The largest absolute Gasteiger partial charge is 0.351 e. The van der Waals surface area contributed by atoms with Gasteiger partial charge in [0, 0.05) is 33.5 Å². The van der Waals surface area contributed by atoms with Gasteiger partial charge in [-0.2, -0.15) is 0 Å². The lowest BCUT2D eigenvalue weighted by Gasteiger charge is -2.07. The van der Waals surface area contributed by atoms with E-state index < -0.39 is 6.03 Å². The van der Waals surface area contributed by atoms with Crippen LogP contribution in [0.5, 0.6) is 0 Å². The number of primary amides is 1. The number of carbonyl (C=O) groups is 2. The highest BCUT2D eigenvalue weighted by Gasteiger charge is 2.04. The fourth-order valence-electron chi connectivity index (χ4n) is 1.80. The second kappa shape index (κ2) is 8.45. The Balaban J connectivity index is 1.76. The molecule has 0 aromatic heterocycles. The Bertz CT molecular complexity index is 675. The molecule has 0 atom stereocenters. The normalized spacial score (nSPS) is 10.1. The van der Waals surface area contributed by atoms with E-state index in [-0.39, 0.29) is 5.91 Å². The first-order valence-corrected chi connectivity index (χ1v) is 8.24. The van der Waals surface area contributed by atoms with E-state index in [9.17, 15) is 9.59 Å². The second-order valence-electron chi connectivity index (χ2n) is 4.67. The van der Waals surface area contributed by atoms with Crippen molar-refractivity contribution >= 4 is 46.7 Å². The summed E-state index contributed by atoms with van der Waals surface area (Å²) in [5.41, 5.74) is 6.27. The molecule has 0 aliphatic heterocycles. The van der Waals surface area contributed by atoms with Gasteiger partial charge in [-0.05, 0) is 48.5 Å². The Hall–Kier alpha value is -2.18. The quantitative estimate of drug-likeness (QED) is 0.690. The third-order valence-corrected chi connectivity index (χ3v) is 4.11. The Kier molecular flexibility index (Phi) is 6.31. The van der Waals surface area contributed by atoms with Gasteiger partial charge in [-0.25, -0.2) is 4.79 Å². The van der Waals surface area contributed by atoms with Gasteiger partial charge in [-0.1, -0.05) is 11.6 Å². The van der Waals surface area contributed by atoms with Gasteiger partial charge in [-0.15, -0.1) is 11.8 Å². The molecule has 7 heteroatoms. The zero-order valence-electron chi connectivity index (χ0n) is 12.2. The van der Waals surface area contributed by atoms with Crippen molar-refractivity contribution in [2.75, 3.05) is 16.4 Å². The van der Waals surface area contributed by atoms with Gasteiger partial charge in [0.2, 0.25) is 5.91 Å². The van der Waals surface area contributed by atoms with Crippen LogP contribution in [0, 0.1) is 0 Å². The summed E-state index contributed by atoms with van der Waals surface area (Å²) in [4.78, 5) is 23.7. The summed E-state index contributed by atoms with van der Waals surface area (Å²) in [5.74, 6) is 0.608. The van der Waals surface area contributed by atoms with E-state index >= 15 is 0 Å². The van der Waals surface area contributed by atoms with Crippen molar-refractivity contribution in [3.8, 4) is 0 Å².